The molecule has 5 aromatic rings. The van der Waals surface area contributed by atoms with E-state index in [9.17, 15) is 0 Å². The molecule has 0 amide bonds. The summed E-state index contributed by atoms with van der Waals surface area (Å²) >= 11 is 0. The summed E-state index contributed by atoms with van der Waals surface area (Å²) in [5.41, 5.74) is 9.10. The second-order valence-electron chi connectivity index (χ2n) is 11.8. The summed E-state index contributed by atoms with van der Waals surface area (Å²) in [6.45, 7) is 8.99. The molecule has 0 saturated heterocycles. The molecule has 0 aliphatic rings. The van der Waals surface area contributed by atoms with Crippen LogP contribution in [0, 0.1) is 0 Å². The van der Waals surface area contributed by atoms with E-state index in [-0.39, 0.29) is 31.9 Å². The monoisotopic (exact) mass is 810 g/mol. The summed E-state index contributed by atoms with van der Waals surface area (Å²) in [6.07, 6.45) is 0. The molecule has 252 valence electrons. The zero-order valence-electron chi connectivity index (χ0n) is 30.8. The topological polar surface area (TPSA) is 74.2 Å². The van der Waals surface area contributed by atoms with Gasteiger partial charge in [0.2, 0.25) is 0 Å². The van der Waals surface area contributed by atoms with Gasteiger partial charge in [-0.15, -0.1) is 5.69 Å². The van der Waals surface area contributed by atoms with Crippen molar-refractivity contribution < 1.29 is 25.8 Å². The predicted octanol–water partition coefficient (Wildman–Crippen LogP) is 11.7. The van der Waals surface area contributed by atoms with Gasteiger partial charge in [0.25, 0.3) is 0 Å². The Hall–Kier alpha value is -3.36. The van der Waals surface area contributed by atoms with Gasteiger partial charge in [-0.25, -0.2) is 4.98 Å². The number of nitrogens with zero attached hydrogens (tertiary/aromatic N) is 6. The van der Waals surface area contributed by atoms with Crippen LogP contribution in [0.1, 0.15) is 68.1 Å². The van der Waals surface area contributed by atoms with Crippen LogP contribution in [0.3, 0.4) is 0 Å². The molecule has 1 heterocycles. The summed E-state index contributed by atoms with van der Waals surface area (Å²) in [5.74, 6) is 1.66. The minimum absolute atomic E-state index is 0. The smallest absolute Gasteiger partial charge is 0.671 e. The van der Waals surface area contributed by atoms with E-state index in [0.717, 1.165) is 39.6 Å². The molecule has 0 aliphatic heterocycles. The van der Waals surface area contributed by atoms with Crippen LogP contribution in [0.15, 0.2) is 109 Å². The Bertz CT molecular complexity index is 1520. The Balaban J connectivity index is 0.00000104. The van der Waals surface area contributed by atoms with E-state index < -0.39 is 0 Å². The van der Waals surface area contributed by atoms with Gasteiger partial charge in [-0.1, -0.05) is 154 Å². The Labute approximate surface area is 310 Å². The van der Waals surface area contributed by atoms with Gasteiger partial charge in [0.1, 0.15) is 0 Å². The van der Waals surface area contributed by atoms with Gasteiger partial charge in [0.05, 0.1) is 17.2 Å². The van der Waals surface area contributed by atoms with Gasteiger partial charge >= 0.3 is 25.8 Å². The summed E-state index contributed by atoms with van der Waals surface area (Å²) < 4.78 is 2.24. The third-order valence-corrected chi connectivity index (χ3v) is 7.18. The quantitative estimate of drug-likeness (QED) is 0.144. The molecule has 0 aliphatic carbocycles. The number of rotatable bonds is 8. The Morgan fingerprint density at radius 3 is 1.35 bits per heavy atom. The predicted molar refractivity (Wildman–Crippen MR) is 206 cm³/mol. The number of imidazole rings is 1. The van der Waals surface area contributed by atoms with E-state index in [2.05, 4.69) is 158 Å². The molecule has 0 bridgehead atoms. The van der Waals surface area contributed by atoms with Gasteiger partial charge in [-0.3, -0.25) is 0 Å². The fraction of sp³-hybridized carbons (Fsp3) is 0.341. The molecule has 6 nitrogen and oxygen atoms in total. The molecule has 0 fully saturated rings. The molecule has 48 heavy (non-hydrogen) atoms. The zero-order valence-corrected chi connectivity index (χ0v) is 34.4. The Morgan fingerprint density at radius 1 is 0.542 bits per heavy atom. The third-order valence-electron chi connectivity index (χ3n) is 7.18. The van der Waals surface area contributed by atoms with Crippen LogP contribution in [0.5, 0.6) is 0 Å². The van der Waals surface area contributed by atoms with Crippen molar-refractivity contribution in [1.82, 2.24) is 9.55 Å². The van der Waals surface area contributed by atoms with Crippen molar-refractivity contribution in [2.24, 2.45) is 7.05 Å². The number of hydrogen-bond donors (Lipinski definition) is 0. The molecule has 0 spiro atoms. The SMILES string of the molecule is CC(C)c1cccc(C(C)C)c1[N-]C(c1ccccc1)c1nc(-c2ccccc2)c(-c2ccccc2)n1C.C[N-]C.C[N-]C.C[N-]C.[Hf+4]. The summed E-state index contributed by atoms with van der Waals surface area (Å²) in [4.78, 5) is 5.35. The Morgan fingerprint density at radius 2 is 0.938 bits per heavy atom. The van der Waals surface area contributed by atoms with Gasteiger partial charge in [0, 0.05) is 18.2 Å². The van der Waals surface area contributed by atoms with Crippen LogP contribution in [-0.2, 0) is 32.9 Å². The molecule has 0 radical (unpaired) electrons. The molecule has 0 N–H and O–H groups in total. The maximum absolute atomic E-state index is 5.56. The zero-order chi connectivity index (χ0) is 34.8. The van der Waals surface area contributed by atoms with Gasteiger partial charge in [-0.2, -0.15) is 42.3 Å². The molecule has 0 saturated carbocycles. The van der Waals surface area contributed by atoms with E-state index >= 15 is 0 Å². The molecule has 5 rings (SSSR count). The van der Waals surface area contributed by atoms with E-state index in [0.29, 0.717) is 11.8 Å². The molecular formula is C41H54HfN6. The minimum atomic E-state index is -0.251. The average molecular weight is 809 g/mol. The molecule has 4 aromatic carbocycles. The van der Waals surface area contributed by atoms with E-state index in [1.165, 1.54) is 11.1 Å². The van der Waals surface area contributed by atoms with Crippen molar-refractivity contribution in [3.63, 3.8) is 0 Å². The fourth-order valence-electron chi connectivity index (χ4n) is 5.19. The van der Waals surface area contributed by atoms with Crippen molar-refractivity contribution in [1.29, 1.82) is 0 Å². The summed E-state index contributed by atoms with van der Waals surface area (Å²) in [7, 11) is 12.6. The van der Waals surface area contributed by atoms with E-state index in [1.54, 1.807) is 42.3 Å². The van der Waals surface area contributed by atoms with Gasteiger partial charge in [0.15, 0.2) is 0 Å². The van der Waals surface area contributed by atoms with Crippen molar-refractivity contribution in [3.8, 4) is 22.5 Å². The number of benzene rings is 4. The first-order valence-electron chi connectivity index (χ1n) is 16.2. The first-order valence-corrected chi connectivity index (χ1v) is 16.2. The van der Waals surface area contributed by atoms with Crippen LogP contribution in [-0.4, -0.2) is 51.8 Å². The molecule has 7 heteroatoms. The first-order chi connectivity index (χ1) is 22.7. The third kappa shape index (κ3) is 12.0. The maximum Gasteiger partial charge on any atom is 4.00 e. The second-order valence-corrected chi connectivity index (χ2v) is 11.8. The number of para-hydroxylation sites is 1. The van der Waals surface area contributed by atoms with Crippen molar-refractivity contribution in [2.75, 3.05) is 42.3 Å². The van der Waals surface area contributed by atoms with Crippen LogP contribution < -0.4 is 0 Å². The minimum Gasteiger partial charge on any atom is -0.671 e. The number of aromatic nitrogens is 2. The Kier molecular flexibility index (Phi) is 20.5. The van der Waals surface area contributed by atoms with Crippen LogP contribution >= 0.6 is 0 Å². The summed E-state index contributed by atoms with van der Waals surface area (Å²) in [5, 5.41) is 16.1. The average Bonchev–Trinajstić information content (AvgIpc) is 3.42. The van der Waals surface area contributed by atoms with Crippen molar-refractivity contribution in [3.05, 3.63) is 153 Å². The van der Waals surface area contributed by atoms with Crippen molar-refractivity contribution in [2.45, 2.75) is 45.6 Å². The largest absolute Gasteiger partial charge is 4.00 e. The van der Waals surface area contributed by atoms with Gasteiger partial charge < -0.3 is 25.8 Å². The number of hydrogen-bond acceptors (Lipinski definition) is 1. The molecular weight excluding hydrogens is 755 g/mol. The molecule has 1 atom stereocenters. The first kappa shape index (κ1) is 42.7. The summed E-state index contributed by atoms with van der Waals surface area (Å²) in [6, 6.07) is 38.0. The van der Waals surface area contributed by atoms with Gasteiger partial charge in [-0.05, 0) is 17.9 Å². The van der Waals surface area contributed by atoms with Crippen LogP contribution in [0.25, 0.3) is 43.8 Å². The fourth-order valence-corrected chi connectivity index (χ4v) is 5.19. The second kappa shape index (κ2) is 23.1. The maximum atomic E-state index is 5.56. The van der Waals surface area contributed by atoms with Crippen LogP contribution in [0.4, 0.5) is 5.69 Å². The van der Waals surface area contributed by atoms with Crippen LogP contribution in [0.2, 0.25) is 0 Å². The normalized spacial score (nSPS) is 10.8. The van der Waals surface area contributed by atoms with E-state index in [1.807, 2.05) is 6.07 Å². The molecule has 1 aromatic heterocycles. The standard InChI is InChI=1S/C35H36N3.3C2H6N.Hf/c1-24(2)29-22-15-23-30(25(3)4)33(29)36-32(27-18-11-7-12-19-27)35-37-31(26-16-9-6-10-17-26)34(38(35)5)28-20-13-8-14-21-28;3*1-3-2;/h6-25,32H,1-5H3;3*1-2H3;/q4*-1;+4. The van der Waals surface area contributed by atoms with Crippen molar-refractivity contribution >= 4 is 5.69 Å². The van der Waals surface area contributed by atoms with E-state index in [4.69, 9.17) is 10.3 Å². The molecule has 1 unspecified atom stereocenters.